The third-order valence-corrected chi connectivity index (χ3v) is 26.1. The van der Waals surface area contributed by atoms with Crippen LogP contribution in [0.25, 0.3) is 0 Å². The number of allylic oxidation sites excluding steroid dienone is 8. The topological polar surface area (TPSA) is 87.0 Å². The zero-order chi connectivity index (χ0) is 53.3. The minimum Gasteiger partial charge on any atom is -0.481 e. The Balaban J connectivity index is 0.000000250. The van der Waals surface area contributed by atoms with Crippen molar-refractivity contribution in [1.82, 2.24) is 0 Å². The van der Waals surface area contributed by atoms with Crippen molar-refractivity contribution in [3.05, 3.63) is 59.3 Å². The lowest BCUT2D eigenvalue weighted by molar-refractivity contribution is -0.134. The molecule has 7 rings (SSSR count). The molecular weight excluding hydrogens is 889 g/mol. The monoisotopic (exact) mass is 1000 g/mol. The van der Waals surface area contributed by atoms with E-state index in [1.165, 1.54) is 103 Å². The van der Waals surface area contributed by atoms with E-state index in [0.717, 1.165) is 48.3 Å². The Labute approximate surface area is 439 Å². The standard InChI is InChI=1S/C34H60O2Si.C29H48O.C2H4O2/c1-23(14-15-24(2)32(7,8)35)29-16-17-30-26(13-12-18-33(29,30)9)19-25(3)34-21-27(34)20-28(22-34)36-37(10,11)31(4,5)6;1-20-17-21(2)19-24(18-20)12-13-25-9-8-16-29(7)26(14-15-27(25)29)22(3)10-11-23(4)28(5,6)30;1-2(3)4/h14-15,19,23-25,27-30,35H,12-13,16-18,20-22H2,1-11H3;10-13,20-23,26-27,30H,8-9,14-19H2,1-7H3;1H3,(H,3,4)/b15-14+,26-19+;11-10+,25-13+;/t23-,24+,25-,27?,28+,29-,30+,33-,34-;20-,21-,22+,23-,26+,27-,29+;/m10./s1. The molecule has 3 N–H and O–H groups in total. The first kappa shape index (κ1) is 60.1. The first-order valence-electron chi connectivity index (χ1n) is 29.4. The van der Waals surface area contributed by atoms with E-state index in [0.29, 0.717) is 45.1 Å². The summed E-state index contributed by atoms with van der Waals surface area (Å²) in [5.41, 5.74) is 5.34. The molecular formula is C65H112O5Si. The lowest BCUT2D eigenvalue weighted by atomic mass is 9.60. The summed E-state index contributed by atoms with van der Waals surface area (Å²) in [6.45, 7) is 42.4. The first-order valence-corrected chi connectivity index (χ1v) is 32.3. The van der Waals surface area contributed by atoms with Crippen LogP contribution in [0, 0.1) is 87.3 Å². The molecule has 0 aromatic rings. The number of aliphatic hydroxyl groups is 2. The van der Waals surface area contributed by atoms with Crippen LogP contribution < -0.4 is 0 Å². The molecule has 0 radical (unpaired) electrons. The van der Waals surface area contributed by atoms with Crippen molar-refractivity contribution in [2.75, 3.05) is 0 Å². The van der Waals surface area contributed by atoms with Crippen LogP contribution in [0.1, 0.15) is 220 Å². The van der Waals surface area contributed by atoms with Gasteiger partial charge in [-0.1, -0.05) is 142 Å². The van der Waals surface area contributed by atoms with Crippen LogP contribution >= 0.6 is 0 Å². The maximum atomic E-state index is 10.4. The fourth-order valence-electron chi connectivity index (χ4n) is 15.6. The number of fused-ring (bicyclic) bond motifs is 3. The summed E-state index contributed by atoms with van der Waals surface area (Å²) in [4.78, 5) is 9.00. The van der Waals surface area contributed by atoms with Gasteiger partial charge < -0.3 is 19.7 Å². The molecule has 6 heteroatoms. The van der Waals surface area contributed by atoms with Crippen LogP contribution in [0.15, 0.2) is 59.3 Å². The minimum atomic E-state index is -1.69. The Hall–Kier alpha value is -1.73. The molecule has 0 amide bonds. The summed E-state index contributed by atoms with van der Waals surface area (Å²) in [6, 6.07) is 0. The highest BCUT2D eigenvalue weighted by Crippen LogP contribution is 2.69. The predicted octanol–water partition coefficient (Wildman–Crippen LogP) is 17.8. The Morgan fingerprint density at radius 2 is 1.14 bits per heavy atom. The molecule has 7 saturated carbocycles. The molecule has 7 fully saturated rings. The van der Waals surface area contributed by atoms with Crippen molar-refractivity contribution in [2.45, 2.75) is 256 Å². The number of carboxylic acids is 1. The zero-order valence-electron chi connectivity index (χ0n) is 49.5. The summed E-state index contributed by atoms with van der Waals surface area (Å²) >= 11 is 0. The molecule has 0 heterocycles. The van der Waals surface area contributed by atoms with E-state index in [4.69, 9.17) is 14.3 Å². The molecule has 0 aromatic carbocycles. The second kappa shape index (κ2) is 23.2. The molecule has 7 aliphatic rings. The Morgan fingerprint density at radius 3 is 1.59 bits per heavy atom. The molecule has 7 aliphatic carbocycles. The van der Waals surface area contributed by atoms with Crippen molar-refractivity contribution >= 4 is 14.3 Å². The summed E-state index contributed by atoms with van der Waals surface area (Å²) in [5.74, 6) is 7.04. The number of hydrogen-bond acceptors (Lipinski definition) is 4. The highest BCUT2D eigenvalue weighted by Gasteiger charge is 2.63. The van der Waals surface area contributed by atoms with Gasteiger partial charge in [-0.3, -0.25) is 4.79 Å². The molecule has 0 bridgehead atoms. The number of rotatable bonds is 13. The summed E-state index contributed by atoms with van der Waals surface area (Å²) in [7, 11) is -1.69. The highest BCUT2D eigenvalue weighted by molar-refractivity contribution is 6.74. The van der Waals surface area contributed by atoms with Crippen LogP contribution in [0.3, 0.4) is 0 Å². The van der Waals surface area contributed by atoms with Gasteiger partial charge in [-0.2, -0.15) is 0 Å². The summed E-state index contributed by atoms with van der Waals surface area (Å²) in [5, 5.41) is 28.4. The van der Waals surface area contributed by atoms with Gasteiger partial charge in [0.25, 0.3) is 5.97 Å². The van der Waals surface area contributed by atoms with Crippen LogP contribution in [-0.2, 0) is 9.22 Å². The second-order valence-corrected chi connectivity index (χ2v) is 33.9. The fraction of sp³-hybridized carbons (Fsp3) is 0.831. The SMILES string of the molecule is CC(=O)O.C[C@@H]1CC(=C/C=C2\CCC[C@]3(C)[C@@H]([C@H](C)/C=C/[C@H](C)C(C)(C)O)CC[C@@H]23)C[C@@H](C)C1.C[C@H](/C=C/[C@H](C)C(C)(C)O)[C@H]1CC[C@H]2/C(=C/[C@@H](C)[C@]34CC3C[C@H](O[Si](C)(C)C(C)(C)C)C4)CCC[C@]12C. The van der Waals surface area contributed by atoms with Gasteiger partial charge in [0.1, 0.15) is 0 Å². The maximum absolute atomic E-state index is 10.4. The number of carbonyl (C=O) groups is 1. The third-order valence-electron chi connectivity index (χ3n) is 21.6. The van der Waals surface area contributed by atoms with Crippen LogP contribution in [0.4, 0.5) is 0 Å². The molecule has 5 nitrogen and oxygen atoms in total. The number of hydrogen-bond donors (Lipinski definition) is 3. The predicted molar refractivity (Wildman–Crippen MR) is 305 cm³/mol. The third kappa shape index (κ3) is 14.6. The molecule has 71 heavy (non-hydrogen) atoms. The van der Waals surface area contributed by atoms with Gasteiger partial charge in [-0.25, -0.2) is 0 Å². The van der Waals surface area contributed by atoms with Gasteiger partial charge in [-0.15, -0.1) is 0 Å². The Morgan fingerprint density at radius 1 is 0.690 bits per heavy atom. The van der Waals surface area contributed by atoms with Crippen molar-refractivity contribution in [2.24, 2.45) is 87.3 Å². The molecule has 406 valence electrons. The van der Waals surface area contributed by atoms with Crippen molar-refractivity contribution in [1.29, 1.82) is 0 Å². The number of aliphatic carboxylic acids is 1. The largest absolute Gasteiger partial charge is 0.481 e. The van der Waals surface area contributed by atoms with Crippen molar-refractivity contribution < 1.29 is 24.5 Å². The van der Waals surface area contributed by atoms with Crippen LogP contribution in [0.5, 0.6) is 0 Å². The van der Waals surface area contributed by atoms with Gasteiger partial charge in [0.2, 0.25) is 0 Å². The van der Waals surface area contributed by atoms with Gasteiger partial charge in [-0.05, 0) is 224 Å². The summed E-state index contributed by atoms with van der Waals surface area (Å²) in [6.07, 6.45) is 39.3. The van der Waals surface area contributed by atoms with Crippen molar-refractivity contribution in [3.8, 4) is 0 Å². The van der Waals surface area contributed by atoms with E-state index in [1.54, 1.807) is 16.7 Å². The summed E-state index contributed by atoms with van der Waals surface area (Å²) < 4.78 is 6.91. The quantitative estimate of drug-likeness (QED) is 0.126. The molecule has 0 aliphatic heterocycles. The van der Waals surface area contributed by atoms with Gasteiger partial charge in [0.15, 0.2) is 8.32 Å². The molecule has 0 spiro atoms. The average molecular weight is 1000 g/mol. The van der Waals surface area contributed by atoms with Crippen molar-refractivity contribution in [3.63, 3.8) is 0 Å². The first-order chi connectivity index (χ1) is 32.6. The second-order valence-electron chi connectivity index (χ2n) is 29.1. The van der Waals surface area contributed by atoms with E-state index < -0.39 is 25.5 Å². The molecule has 0 saturated heterocycles. The normalized spacial score (nSPS) is 37.6. The van der Waals surface area contributed by atoms with Gasteiger partial charge in [0.05, 0.1) is 11.2 Å². The zero-order valence-corrected chi connectivity index (χ0v) is 50.5. The molecule has 1 unspecified atom stereocenters. The van der Waals surface area contributed by atoms with E-state index in [2.05, 4.69) is 139 Å². The lowest BCUT2D eigenvalue weighted by Crippen LogP contribution is -2.43. The van der Waals surface area contributed by atoms with Gasteiger partial charge >= 0.3 is 0 Å². The Bertz CT molecular complexity index is 1920. The lowest BCUT2D eigenvalue weighted by Gasteiger charge is -2.44. The van der Waals surface area contributed by atoms with Crippen LogP contribution in [-0.4, -0.2) is 46.9 Å². The Kier molecular flexibility index (Phi) is 19.7. The smallest absolute Gasteiger partial charge is 0.300 e. The maximum Gasteiger partial charge on any atom is 0.300 e. The van der Waals surface area contributed by atoms with E-state index in [-0.39, 0.29) is 11.8 Å². The minimum absolute atomic E-state index is 0.184. The van der Waals surface area contributed by atoms with Crippen LogP contribution in [0.2, 0.25) is 18.1 Å². The van der Waals surface area contributed by atoms with Gasteiger partial charge in [0, 0.05) is 24.9 Å². The average Bonchev–Trinajstić information content (AvgIpc) is 3.46. The molecule has 16 atom stereocenters. The van der Waals surface area contributed by atoms with E-state index in [1.807, 2.05) is 27.7 Å². The van der Waals surface area contributed by atoms with E-state index in [9.17, 15) is 10.2 Å². The molecule has 0 aromatic heterocycles. The highest BCUT2D eigenvalue weighted by atomic mass is 28.4. The van der Waals surface area contributed by atoms with E-state index >= 15 is 0 Å². The number of carboxylic acid groups (broad SMARTS) is 1. The fourth-order valence-corrected chi connectivity index (χ4v) is 17.0.